The summed E-state index contributed by atoms with van der Waals surface area (Å²) in [7, 11) is -0.0394. The molecule has 254 valence electrons. The summed E-state index contributed by atoms with van der Waals surface area (Å²) in [6.07, 6.45) is -0.445. The zero-order chi connectivity index (χ0) is 34.0. The van der Waals surface area contributed by atoms with Crippen LogP contribution in [0.1, 0.15) is 62.1 Å². The number of esters is 1. The molecule has 0 radical (unpaired) electrons. The van der Waals surface area contributed by atoms with Crippen molar-refractivity contribution >= 4 is 16.9 Å². The number of carbonyl (C=O) groups excluding carboxylic acids is 1. The van der Waals surface area contributed by atoms with Gasteiger partial charge in [0.25, 0.3) is 0 Å². The molecule has 4 bridgehead atoms. The lowest BCUT2D eigenvalue weighted by Crippen LogP contribution is -2.51. The normalized spacial score (nSPS) is 24.1. The highest BCUT2D eigenvalue weighted by Crippen LogP contribution is 2.60. The van der Waals surface area contributed by atoms with Crippen LogP contribution >= 0.6 is 0 Å². The van der Waals surface area contributed by atoms with E-state index >= 15 is 0 Å². The number of benzene rings is 3. The summed E-state index contributed by atoms with van der Waals surface area (Å²) in [6, 6.07) is 26.8. The van der Waals surface area contributed by atoms with Gasteiger partial charge in [-0.3, -0.25) is 4.79 Å². The molecule has 4 aliphatic rings. The number of hydrogen-bond acceptors (Lipinski definition) is 4. The maximum atomic E-state index is 13.0. The lowest BCUT2D eigenvalue weighted by Gasteiger charge is -2.55. The van der Waals surface area contributed by atoms with Gasteiger partial charge in [-0.1, -0.05) is 53.1 Å². The Morgan fingerprint density at radius 1 is 0.745 bits per heavy atom. The third-order valence-electron chi connectivity index (χ3n) is 9.62. The van der Waals surface area contributed by atoms with Crippen molar-refractivity contribution in [2.75, 3.05) is 13.2 Å². The first-order valence-corrected chi connectivity index (χ1v) is 17.6. The molecular weight excluding hydrogens is 628 g/mol. The smallest absolute Gasteiger partial charge is 0.419 e. The van der Waals surface area contributed by atoms with Crippen LogP contribution in [0.3, 0.4) is 0 Å². The van der Waals surface area contributed by atoms with Gasteiger partial charge < -0.3 is 14.6 Å². The molecule has 3 aromatic rings. The van der Waals surface area contributed by atoms with Crippen LogP contribution in [-0.4, -0.2) is 42.4 Å². The molecule has 0 spiro atoms. The van der Waals surface area contributed by atoms with Gasteiger partial charge in [0.2, 0.25) is 0 Å². The van der Waals surface area contributed by atoms with Crippen molar-refractivity contribution in [1.29, 1.82) is 0 Å². The summed E-state index contributed by atoms with van der Waals surface area (Å²) >= 11 is 0. The van der Waals surface area contributed by atoms with Crippen LogP contribution in [0.25, 0.3) is 0 Å². The molecule has 4 saturated carbocycles. The third kappa shape index (κ3) is 8.59. The summed E-state index contributed by atoms with van der Waals surface area (Å²) in [5, 5.41) is 9.63. The molecule has 1 atom stereocenters. The lowest BCUT2D eigenvalue weighted by molar-refractivity contribution is -0.346. The van der Waals surface area contributed by atoms with Crippen LogP contribution in [0.5, 0.6) is 0 Å². The van der Waals surface area contributed by atoms with Gasteiger partial charge in [-0.15, -0.1) is 0 Å². The Labute approximate surface area is 278 Å². The highest BCUT2D eigenvalue weighted by molar-refractivity contribution is 7.97. The van der Waals surface area contributed by atoms with E-state index in [-0.39, 0.29) is 17.8 Å². The molecule has 0 aromatic heterocycles. The van der Waals surface area contributed by atoms with E-state index in [4.69, 9.17) is 4.74 Å². The van der Waals surface area contributed by atoms with Crippen molar-refractivity contribution < 1.29 is 36.9 Å². The van der Waals surface area contributed by atoms with Crippen molar-refractivity contribution in [3.8, 4) is 0 Å². The fourth-order valence-corrected chi connectivity index (χ4v) is 9.53. The first-order valence-electron chi connectivity index (χ1n) is 16.3. The summed E-state index contributed by atoms with van der Waals surface area (Å²) in [4.78, 5) is 16.6. The van der Waals surface area contributed by atoms with E-state index in [9.17, 15) is 27.5 Å². The minimum atomic E-state index is -4.68. The molecule has 0 saturated heterocycles. The van der Waals surface area contributed by atoms with E-state index in [1.807, 2.05) is 0 Å². The molecule has 1 unspecified atom stereocenters. The highest BCUT2D eigenvalue weighted by Gasteiger charge is 2.56. The van der Waals surface area contributed by atoms with Gasteiger partial charge in [0, 0.05) is 6.92 Å². The van der Waals surface area contributed by atoms with E-state index in [1.165, 1.54) is 31.4 Å². The van der Waals surface area contributed by atoms with Crippen LogP contribution in [0, 0.1) is 43.9 Å². The molecule has 4 nitrogen and oxygen atoms in total. The van der Waals surface area contributed by atoms with E-state index in [0.717, 1.165) is 38.5 Å². The Bertz CT molecular complexity index is 1340. The minimum Gasteiger partial charge on any atom is -0.462 e. The van der Waals surface area contributed by atoms with Crippen molar-refractivity contribution in [3.05, 3.63) is 89.5 Å². The van der Waals surface area contributed by atoms with Gasteiger partial charge in [0.1, 0.15) is 12.7 Å². The second-order valence-corrected chi connectivity index (χ2v) is 15.9. The van der Waals surface area contributed by atoms with Gasteiger partial charge in [-0.25, -0.2) is 0 Å². The SMILES string of the molecule is CC(F)(F)C(F)(F)OCC(O)COC(=O)C12CC3CC(CC(C3)C1)C2.Cc1ccc([S+](c2ccc(C)cc2)c2ccc(C)cc2)cc1. The molecule has 9 heteroatoms. The van der Waals surface area contributed by atoms with E-state index in [2.05, 4.69) is 98.3 Å². The second-order valence-electron chi connectivity index (χ2n) is 13.9. The van der Waals surface area contributed by atoms with E-state index in [1.54, 1.807) is 0 Å². The minimum absolute atomic E-state index is 0.0342. The predicted molar refractivity (Wildman–Crippen MR) is 175 cm³/mol. The predicted octanol–water partition coefficient (Wildman–Crippen LogP) is 9.08. The molecule has 0 heterocycles. The first kappa shape index (κ1) is 35.4. The van der Waals surface area contributed by atoms with Gasteiger partial charge in [0.15, 0.2) is 14.7 Å². The Balaban J connectivity index is 0.000000186. The van der Waals surface area contributed by atoms with Crippen LogP contribution in [-0.2, 0) is 25.2 Å². The third-order valence-corrected chi connectivity index (χ3v) is 11.8. The van der Waals surface area contributed by atoms with Gasteiger partial charge >= 0.3 is 18.0 Å². The molecule has 47 heavy (non-hydrogen) atoms. The maximum Gasteiger partial charge on any atom is 0.419 e. The summed E-state index contributed by atoms with van der Waals surface area (Å²) in [5.74, 6) is -3.14. The average Bonchev–Trinajstić information content (AvgIpc) is 3.01. The summed E-state index contributed by atoms with van der Waals surface area (Å²) in [5.41, 5.74) is 3.40. The van der Waals surface area contributed by atoms with E-state index in [0.29, 0.717) is 17.8 Å². The van der Waals surface area contributed by atoms with Crippen LogP contribution in [0.4, 0.5) is 17.6 Å². The molecule has 0 amide bonds. The number of rotatable bonds is 10. The lowest BCUT2D eigenvalue weighted by atomic mass is 9.49. The molecule has 4 aliphatic carbocycles. The highest BCUT2D eigenvalue weighted by atomic mass is 32.2. The van der Waals surface area contributed by atoms with E-state index < -0.39 is 42.7 Å². The quantitative estimate of drug-likeness (QED) is 0.133. The number of halogens is 4. The Hall–Kier alpha value is -2.88. The number of hydrogen-bond donors (Lipinski definition) is 1. The van der Waals surface area contributed by atoms with Gasteiger partial charge in [-0.05, 0) is 113 Å². The second kappa shape index (κ2) is 14.3. The first-order chi connectivity index (χ1) is 22.1. The number of ether oxygens (including phenoxy) is 2. The molecule has 3 aromatic carbocycles. The molecule has 7 rings (SSSR count). The largest absolute Gasteiger partial charge is 0.462 e. The van der Waals surface area contributed by atoms with Crippen molar-refractivity contribution in [2.45, 2.75) is 99.0 Å². The summed E-state index contributed by atoms with van der Waals surface area (Å²) < 4.78 is 60.2. The number of aliphatic hydroxyl groups excluding tert-OH is 1. The Morgan fingerprint density at radius 2 is 1.11 bits per heavy atom. The fraction of sp³-hybridized carbons (Fsp3) is 0.500. The Morgan fingerprint density at radius 3 is 1.45 bits per heavy atom. The average molecular weight is 674 g/mol. The topological polar surface area (TPSA) is 55.8 Å². The Kier molecular flexibility index (Phi) is 10.8. The zero-order valence-electron chi connectivity index (χ0n) is 27.5. The summed E-state index contributed by atoms with van der Waals surface area (Å²) in [6.45, 7) is 4.88. The zero-order valence-corrected chi connectivity index (χ0v) is 28.3. The van der Waals surface area contributed by atoms with Crippen LogP contribution < -0.4 is 0 Å². The van der Waals surface area contributed by atoms with Crippen LogP contribution in [0.15, 0.2) is 87.5 Å². The van der Waals surface area contributed by atoms with Gasteiger partial charge in [-0.2, -0.15) is 17.6 Å². The standard InChI is InChI=1S/C21H21S.C17H24F4O4/c1-16-4-10-19(11-5-16)22(20-12-6-17(2)7-13-20)21-14-8-18(3)9-15-21;1-15(18,19)17(20,21)25-9-13(22)8-24-14(23)16-5-10-2-11(6-16)4-12(3-10)7-16/h4-15H,1-3H3;10-13,22H,2-9H2,1H3/q+1;. The van der Waals surface area contributed by atoms with Crippen molar-refractivity contribution in [1.82, 2.24) is 0 Å². The molecule has 1 N–H and O–H groups in total. The number of aliphatic hydroxyl groups is 1. The maximum absolute atomic E-state index is 13.0. The monoisotopic (exact) mass is 673 g/mol. The number of aryl methyl sites for hydroxylation is 3. The van der Waals surface area contributed by atoms with Gasteiger partial charge in [0.05, 0.1) is 22.9 Å². The van der Waals surface area contributed by atoms with Crippen molar-refractivity contribution in [2.24, 2.45) is 23.2 Å². The fourth-order valence-electron chi connectivity index (χ4n) is 7.49. The van der Waals surface area contributed by atoms with Crippen molar-refractivity contribution in [3.63, 3.8) is 0 Å². The number of alkyl halides is 4. The molecule has 0 aliphatic heterocycles. The molecular formula is C38H45F4O4S+. The van der Waals surface area contributed by atoms with Crippen LogP contribution in [0.2, 0.25) is 0 Å². The molecule has 4 fully saturated rings. The number of carbonyl (C=O) groups is 1.